The fourth-order valence-electron chi connectivity index (χ4n) is 1.10. The average Bonchev–Trinajstić information content (AvgIpc) is 2.21. The minimum atomic E-state index is -1.31. The number of carboxylic acids is 1. The van der Waals surface area contributed by atoms with Crippen molar-refractivity contribution < 1.29 is 19.7 Å². The molecule has 0 heterocycles. The number of methoxy groups -OCH3 is 1. The number of aliphatic carboxylic acids is 1. The maximum Gasteiger partial charge on any atom is 0.325 e. The Morgan fingerprint density at radius 3 is 2.67 bits per heavy atom. The van der Waals surface area contributed by atoms with Gasteiger partial charge in [0.05, 0.1) is 7.11 Å². The van der Waals surface area contributed by atoms with Crippen LogP contribution in [0.5, 0.6) is 11.5 Å². The molecule has 0 spiro atoms. The van der Waals surface area contributed by atoms with Crippen molar-refractivity contribution in [3.05, 3.63) is 22.7 Å². The highest BCUT2D eigenvalue weighted by atomic mass is 35.5. The average molecular weight is 232 g/mol. The molecule has 0 amide bonds. The number of phenols is 1. The molecule has 82 valence electrons. The number of hydrogen-bond donors (Lipinski definition) is 3. The third-order valence-corrected chi connectivity index (χ3v) is 2.30. The maximum absolute atomic E-state index is 10.6. The topological polar surface area (TPSA) is 92.8 Å². The molecule has 0 aliphatic carbocycles. The number of rotatable bonds is 3. The molecule has 0 fully saturated rings. The van der Waals surface area contributed by atoms with E-state index < -0.39 is 12.0 Å². The molecule has 1 aromatic rings. The van der Waals surface area contributed by atoms with Crippen LogP contribution >= 0.6 is 11.6 Å². The molecule has 0 bridgehead atoms. The van der Waals surface area contributed by atoms with Crippen LogP contribution in [0.1, 0.15) is 11.6 Å². The number of aromatic hydroxyl groups is 1. The van der Waals surface area contributed by atoms with Gasteiger partial charge in [0, 0.05) is 5.56 Å². The van der Waals surface area contributed by atoms with Crippen LogP contribution in [0.4, 0.5) is 0 Å². The van der Waals surface area contributed by atoms with E-state index in [1.54, 1.807) is 0 Å². The van der Waals surface area contributed by atoms with Crippen molar-refractivity contribution in [3.63, 3.8) is 0 Å². The molecule has 0 aliphatic heterocycles. The van der Waals surface area contributed by atoms with Crippen LogP contribution in [0.2, 0.25) is 5.02 Å². The summed E-state index contributed by atoms with van der Waals surface area (Å²) in [5.41, 5.74) is 5.39. The Hall–Kier alpha value is -1.46. The largest absolute Gasteiger partial charge is 0.506 e. The van der Waals surface area contributed by atoms with E-state index in [1.165, 1.54) is 19.2 Å². The van der Waals surface area contributed by atoms with Gasteiger partial charge in [-0.05, 0) is 12.1 Å². The van der Waals surface area contributed by atoms with E-state index in [9.17, 15) is 9.90 Å². The number of hydrogen-bond acceptors (Lipinski definition) is 4. The van der Waals surface area contributed by atoms with Gasteiger partial charge in [0.15, 0.2) is 0 Å². The zero-order valence-electron chi connectivity index (χ0n) is 7.90. The summed E-state index contributed by atoms with van der Waals surface area (Å²) < 4.78 is 4.84. The molecule has 0 radical (unpaired) electrons. The molecule has 0 saturated carbocycles. The molecular weight excluding hydrogens is 222 g/mol. The van der Waals surface area contributed by atoms with Gasteiger partial charge in [-0.2, -0.15) is 0 Å². The van der Waals surface area contributed by atoms with Gasteiger partial charge in [-0.1, -0.05) is 11.6 Å². The fraction of sp³-hybridized carbons (Fsp3) is 0.222. The predicted octanol–water partition coefficient (Wildman–Crippen LogP) is 1.14. The molecule has 0 aromatic heterocycles. The molecule has 1 unspecified atom stereocenters. The monoisotopic (exact) mass is 231 g/mol. The van der Waals surface area contributed by atoms with E-state index in [4.69, 9.17) is 27.2 Å². The minimum absolute atomic E-state index is 0.0494. The van der Waals surface area contributed by atoms with Gasteiger partial charge >= 0.3 is 5.97 Å². The Morgan fingerprint density at radius 2 is 2.20 bits per heavy atom. The van der Waals surface area contributed by atoms with E-state index in [0.29, 0.717) is 0 Å². The fourth-order valence-corrected chi connectivity index (χ4v) is 1.35. The number of phenolic OH excluding ortho intramolecular Hbond substituents is 1. The van der Waals surface area contributed by atoms with Crippen LogP contribution in [-0.4, -0.2) is 23.3 Å². The van der Waals surface area contributed by atoms with Crippen molar-refractivity contribution in [3.8, 4) is 11.5 Å². The van der Waals surface area contributed by atoms with E-state index in [-0.39, 0.29) is 22.1 Å². The molecule has 4 N–H and O–H groups in total. The minimum Gasteiger partial charge on any atom is -0.506 e. The summed E-state index contributed by atoms with van der Waals surface area (Å²) in [4.78, 5) is 10.6. The summed E-state index contributed by atoms with van der Waals surface area (Å²) in [7, 11) is 1.39. The number of ether oxygens (including phenoxy) is 1. The van der Waals surface area contributed by atoms with Crippen molar-refractivity contribution in [2.24, 2.45) is 5.73 Å². The van der Waals surface area contributed by atoms with E-state index in [1.807, 2.05) is 0 Å². The molecule has 0 saturated heterocycles. The second kappa shape index (κ2) is 4.37. The number of carboxylic acid groups (broad SMARTS) is 1. The van der Waals surface area contributed by atoms with Crippen LogP contribution < -0.4 is 10.5 Å². The summed E-state index contributed by atoms with van der Waals surface area (Å²) in [5, 5.41) is 18.2. The van der Waals surface area contributed by atoms with Crippen LogP contribution in [0.3, 0.4) is 0 Å². The summed E-state index contributed by atoms with van der Waals surface area (Å²) in [6, 6.07) is 1.49. The number of carbonyl (C=O) groups is 1. The Labute approximate surface area is 91.0 Å². The van der Waals surface area contributed by atoms with E-state index in [2.05, 4.69) is 0 Å². The first-order valence-electron chi connectivity index (χ1n) is 4.02. The lowest BCUT2D eigenvalue weighted by atomic mass is 10.1. The summed E-state index contributed by atoms with van der Waals surface area (Å²) >= 11 is 5.72. The molecule has 5 nitrogen and oxygen atoms in total. The first-order chi connectivity index (χ1) is 6.99. The first-order valence-corrected chi connectivity index (χ1v) is 4.40. The number of nitrogens with two attached hydrogens (primary N) is 1. The van der Waals surface area contributed by atoms with Crippen LogP contribution in [0, 0.1) is 0 Å². The zero-order valence-corrected chi connectivity index (χ0v) is 8.65. The van der Waals surface area contributed by atoms with Crippen LogP contribution in [-0.2, 0) is 4.79 Å². The van der Waals surface area contributed by atoms with Crippen LogP contribution in [0.15, 0.2) is 12.1 Å². The third-order valence-electron chi connectivity index (χ3n) is 1.93. The highest BCUT2D eigenvalue weighted by Gasteiger charge is 2.21. The van der Waals surface area contributed by atoms with E-state index >= 15 is 0 Å². The zero-order chi connectivity index (χ0) is 11.6. The maximum atomic E-state index is 10.6. The highest BCUT2D eigenvalue weighted by Crippen LogP contribution is 2.37. The Kier molecular flexibility index (Phi) is 3.39. The second-order valence-corrected chi connectivity index (χ2v) is 3.21. The van der Waals surface area contributed by atoms with Gasteiger partial charge in [-0.3, -0.25) is 4.79 Å². The van der Waals surface area contributed by atoms with Gasteiger partial charge in [0.25, 0.3) is 0 Å². The van der Waals surface area contributed by atoms with Gasteiger partial charge < -0.3 is 20.7 Å². The quantitative estimate of drug-likeness (QED) is 0.725. The molecule has 1 rings (SSSR count). The lowest BCUT2D eigenvalue weighted by molar-refractivity contribution is -0.138. The summed E-state index contributed by atoms with van der Waals surface area (Å²) in [5.74, 6) is -1.35. The Morgan fingerprint density at radius 1 is 1.60 bits per heavy atom. The number of benzene rings is 1. The molecule has 6 heteroatoms. The molecular formula is C9H10ClNO4. The lowest BCUT2D eigenvalue weighted by Crippen LogP contribution is -2.20. The summed E-state index contributed by atoms with van der Waals surface area (Å²) in [6.07, 6.45) is 0. The second-order valence-electron chi connectivity index (χ2n) is 2.84. The molecule has 1 atom stereocenters. The standard InChI is InChI=1S/C9H10ClNO4/c1-15-5-3-2-4(7(11)9(13)14)8(12)6(5)10/h2-3,7,12H,11H2,1H3,(H,13,14). The van der Waals surface area contributed by atoms with Gasteiger partial charge in [0.1, 0.15) is 22.6 Å². The van der Waals surface area contributed by atoms with Crippen molar-refractivity contribution >= 4 is 17.6 Å². The normalized spacial score (nSPS) is 12.2. The molecule has 0 aliphatic rings. The number of halogens is 1. The van der Waals surface area contributed by atoms with Crippen molar-refractivity contribution in [1.82, 2.24) is 0 Å². The third kappa shape index (κ3) is 2.14. The van der Waals surface area contributed by atoms with Gasteiger partial charge in [0.2, 0.25) is 0 Å². The van der Waals surface area contributed by atoms with Crippen LogP contribution in [0.25, 0.3) is 0 Å². The van der Waals surface area contributed by atoms with Gasteiger partial charge in [-0.15, -0.1) is 0 Å². The van der Waals surface area contributed by atoms with Gasteiger partial charge in [-0.25, -0.2) is 0 Å². The summed E-state index contributed by atoms with van der Waals surface area (Å²) in [6.45, 7) is 0. The Bertz CT molecular complexity index is 394. The SMILES string of the molecule is COc1ccc(C(N)C(=O)O)c(O)c1Cl. The van der Waals surface area contributed by atoms with Crippen molar-refractivity contribution in [2.75, 3.05) is 7.11 Å². The predicted molar refractivity (Wildman–Crippen MR) is 54.2 cm³/mol. The molecule has 1 aromatic carbocycles. The van der Waals surface area contributed by atoms with E-state index in [0.717, 1.165) is 0 Å². The van der Waals surface area contributed by atoms with Crippen molar-refractivity contribution in [2.45, 2.75) is 6.04 Å². The first kappa shape index (κ1) is 11.6. The lowest BCUT2D eigenvalue weighted by Gasteiger charge is -2.12. The van der Waals surface area contributed by atoms with Crippen molar-refractivity contribution in [1.29, 1.82) is 0 Å². The smallest absolute Gasteiger partial charge is 0.325 e. The Balaban J connectivity index is 3.23. The molecule has 15 heavy (non-hydrogen) atoms. The highest BCUT2D eigenvalue weighted by molar-refractivity contribution is 6.33.